The van der Waals surface area contributed by atoms with Gasteiger partial charge in [0.1, 0.15) is 0 Å². The number of hydrogen-bond donors (Lipinski definition) is 2. The summed E-state index contributed by atoms with van der Waals surface area (Å²) in [4.78, 5) is 12.5. The summed E-state index contributed by atoms with van der Waals surface area (Å²) in [5, 5.41) is 6.12. The van der Waals surface area contributed by atoms with Gasteiger partial charge in [-0.15, -0.1) is 0 Å². The van der Waals surface area contributed by atoms with Gasteiger partial charge in [0, 0.05) is 16.6 Å². The Kier molecular flexibility index (Phi) is 7.82. The molecule has 1 fully saturated rings. The number of benzene rings is 1. The standard InChI is InChI=1S/C17H24F2N2OS/c18-17(19)23-15-10-8-14(9-11-15)21-16(22)12-20-13-6-4-2-1-3-5-7-13/h8-11,13,17,20H,1-7,12H2,(H,21,22). The predicted molar refractivity (Wildman–Crippen MR) is 91.0 cm³/mol. The molecule has 0 radical (unpaired) electrons. The van der Waals surface area contributed by atoms with E-state index in [0.29, 0.717) is 28.4 Å². The molecule has 0 unspecified atom stereocenters. The molecule has 2 rings (SSSR count). The number of thioether (sulfide) groups is 1. The summed E-state index contributed by atoms with van der Waals surface area (Å²) in [5.74, 6) is -2.52. The fourth-order valence-electron chi connectivity index (χ4n) is 2.82. The third kappa shape index (κ3) is 7.31. The Bertz CT molecular complexity index is 474. The molecule has 1 aliphatic carbocycles. The molecule has 0 spiro atoms. The number of hydrogen-bond acceptors (Lipinski definition) is 3. The second-order valence-electron chi connectivity index (χ2n) is 5.87. The van der Waals surface area contributed by atoms with Crippen LogP contribution in [0, 0.1) is 0 Å². The molecule has 0 bridgehead atoms. The molecule has 0 aromatic heterocycles. The topological polar surface area (TPSA) is 41.1 Å². The predicted octanol–water partition coefficient (Wildman–Crippen LogP) is 4.64. The Morgan fingerprint density at radius 2 is 1.70 bits per heavy atom. The summed E-state index contributed by atoms with van der Waals surface area (Å²) in [6, 6.07) is 6.91. The highest BCUT2D eigenvalue weighted by molar-refractivity contribution is 7.99. The van der Waals surface area contributed by atoms with Crippen molar-refractivity contribution in [3.8, 4) is 0 Å². The van der Waals surface area contributed by atoms with Crippen molar-refractivity contribution in [2.75, 3.05) is 11.9 Å². The van der Waals surface area contributed by atoms with E-state index in [9.17, 15) is 13.6 Å². The maximum Gasteiger partial charge on any atom is 0.288 e. The Morgan fingerprint density at radius 3 is 2.30 bits per heavy atom. The molecular weight excluding hydrogens is 318 g/mol. The van der Waals surface area contributed by atoms with Gasteiger partial charge in [-0.2, -0.15) is 8.78 Å². The van der Waals surface area contributed by atoms with Gasteiger partial charge in [0.25, 0.3) is 5.76 Å². The SMILES string of the molecule is O=C(CNC1CCCCCCC1)Nc1ccc(SC(F)F)cc1. The van der Waals surface area contributed by atoms with Gasteiger partial charge in [-0.3, -0.25) is 4.79 Å². The van der Waals surface area contributed by atoms with Crippen molar-refractivity contribution < 1.29 is 13.6 Å². The number of anilines is 1. The lowest BCUT2D eigenvalue weighted by molar-refractivity contribution is -0.115. The van der Waals surface area contributed by atoms with Gasteiger partial charge in [0.05, 0.1) is 6.54 Å². The van der Waals surface area contributed by atoms with E-state index in [1.165, 1.54) is 32.1 Å². The van der Waals surface area contributed by atoms with Gasteiger partial charge in [0.2, 0.25) is 5.91 Å². The molecule has 0 saturated heterocycles. The lowest BCUT2D eigenvalue weighted by Gasteiger charge is -2.20. The van der Waals surface area contributed by atoms with Crippen LogP contribution in [0.15, 0.2) is 29.2 Å². The summed E-state index contributed by atoms with van der Waals surface area (Å²) < 4.78 is 24.5. The number of rotatable bonds is 6. The zero-order chi connectivity index (χ0) is 16.5. The number of halogens is 2. The molecule has 128 valence electrons. The summed E-state index contributed by atoms with van der Waals surface area (Å²) in [5.41, 5.74) is 0.632. The average molecular weight is 342 g/mol. The van der Waals surface area contributed by atoms with Crippen molar-refractivity contribution >= 4 is 23.4 Å². The number of nitrogens with one attached hydrogen (secondary N) is 2. The lowest BCUT2D eigenvalue weighted by atomic mass is 9.97. The van der Waals surface area contributed by atoms with Crippen LogP contribution < -0.4 is 10.6 Å². The van der Waals surface area contributed by atoms with Gasteiger partial charge in [-0.05, 0) is 37.1 Å². The average Bonchev–Trinajstić information content (AvgIpc) is 2.47. The van der Waals surface area contributed by atoms with E-state index < -0.39 is 5.76 Å². The van der Waals surface area contributed by atoms with E-state index >= 15 is 0 Å². The molecule has 1 aromatic rings. The highest BCUT2D eigenvalue weighted by Crippen LogP contribution is 2.26. The van der Waals surface area contributed by atoms with Gasteiger partial charge in [-0.25, -0.2) is 0 Å². The molecule has 1 saturated carbocycles. The first kappa shape index (κ1) is 18.2. The third-order valence-corrected chi connectivity index (χ3v) is 4.74. The van der Waals surface area contributed by atoms with Crippen LogP contribution in [0.5, 0.6) is 0 Å². The Morgan fingerprint density at radius 1 is 1.09 bits per heavy atom. The second-order valence-corrected chi connectivity index (χ2v) is 6.94. The maximum absolute atomic E-state index is 12.2. The Labute approximate surface area is 140 Å². The zero-order valence-electron chi connectivity index (χ0n) is 13.2. The summed E-state index contributed by atoms with van der Waals surface area (Å²) in [7, 11) is 0. The van der Waals surface area contributed by atoms with Crippen molar-refractivity contribution in [3.63, 3.8) is 0 Å². The molecule has 3 nitrogen and oxygen atoms in total. The monoisotopic (exact) mass is 342 g/mol. The van der Waals surface area contributed by atoms with E-state index in [-0.39, 0.29) is 12.5 Å². The van der Waals surface area contributed by atoms with E-state index in [0.717, 1.165) is 12.8 Å². The molecule has 0 atom stereocenters. The van der Waals surface area contributed by atoms with Crippen molar-refractivity contribution in [2.24, 2.45) is 0 Å². The van der Waals surface area contributed by atoms with Crippen molar-refractivity contribution in [2.45, 2.75) is 61.6 Å². The summed E-state index contributed by atoms with van der Waals surface area (Å²) in [6.07, 6.45) is 8.61. The molecular formula is C17H24F2N2OS. The Balaban J connectivity index is 1.73. The molecule has 0 heterocycles. The van der Waals surface area contributed by atoms with E-state index in [1.54, 1.807) is 24.3 Å². The number of amides is 1. The van der Waals surface area contributed by atoms with Crippen LogP contribution in [0.4, 0.5) is 14.5 Å². The van der Waals surface area contributed by atoms with Crippen molar-refractivity contribution in [1.82, 2.24) is 5.32 Å². The smallest absolute Gasteiger partial charge is 0.288 e. The van der Waals surface area contributed by atoms with Gasteiger partial charge in [0.15, 0.2) is 0 Å². The third-order valence-electron chi connectivity index (χ3n) is 4.02. The van der Waals surface area contributed by atoms with E-state index in [4.69, 9.17) is 0 Å². The van der Waals surface area contributed by atoms with Gasteiger partial charge < -0.3 is 10.6 Å². The minimum atomic E-state index is -2.43. The lowest BCUT2D eigenvalue weighted by Crippen LogP contribution is -2.36. The van der Waals surface area contributed by atoms with Crippen LogP contribution in [0.3, 0.4) is 0 Å². The number of carbonyl (C=O) groups excluding carboxylic acids is 1. The van der Waals surface area contributed by atoms with Crippen LogP contribution in [0.2, 0.25) is 0 Å². The fourth-order valence-corrected chi connectivity index (χ4v) is 3.32. The largest absolute Gasteiger partial charge is 0.325 e. The Hall–Kier alpha value is -1.14. The van der Waals surface area contributed by atoms with Gasteiger partial charge >= 0.3 is 0 Å². The summed E-state index contributed by atoms with van der Waals surface area (Å²) in [6.45, 7) is 0.290. The molecule has 2 N–H and O–H groups in total. The maximum atomic E-state index is 12.2. The second kappa shape index (κ2) is 9.88. The highest BCUT2D eigenvalue weighted by Gasteiger charge is 2.12. The first-order valence-corrected chi connectivity index (χ1v) is 9.09. The minimum absolute atomic E-state index is 0.0960. The number of carbonyl (C=O) groups is 1. The van der Waals surface area contributed by atoms with Crippen LogP contribution in [-0.4, -0.2) is 24.3 Å². The highest BCUT2D eigenvalue weighted by atomic mass is 32.2. The van der Waals surface area contributed by atoms with Crippen LogP contribution in [0.25, 0.3) is 0 Å². The fraction of sp³-hybridized carbons (Fsp3) is 0.588. The quantitative estimate of drug-likeness (QED) is 0.740. The molecule has 1 aliphatic rings. The van der Waals surface area contributed by atoms with Crippen LogP contribution in [-0.2, 0) is 4.79 Å². The van der Waals surface area contributed by atoms with E-state index in [1.807, 2.05) is 0 Å². The molecule has 1 aromatic carbocycles. The molecule has 1 amide bonds. The van der Waals surface area contributed by atoms with Crippen LogP contribution >= 0.6 is 11.8 Å². The van der Waals surface area contributed by atoms with Crippen LogP contribution in [0.1, 0.15) is 44.9 Å². The van der Waals surface area contributed by atoms with E-state index in [2.05, 4.69) is 10.6 Å². The molecule has 6 heteroatoms. The van der Waals surface area contributed by atoms with Crippen molar-refractivity contribution in [1.29, 1.82) is 0 Å². The minimum Gasteiger partial charge on any atom is -0.325 e. The zero-order valence-corrected chi connectivity index (χ0v) is 14.0. The molecule has 0 aliphatic heterocycles. The number of alkyl halides is 2. The molecule has 23 heavy (non-hydrogen) atoms. The first-order valence-electron chi connectivity index (χ1n) is 8.21. The summed E-state index contributed by atoms with van der Waals surface area (Å²) >= 11 is 0.500. The normalized spacial score (nSPS) is 16.8. The van der Waals surface area contributed by atoms with Crippen molar-refractivity contribution in [3.05, 3.63) is 24.3 Å². The van der Waals surface area contributed by atoms with Gasteiger partial charge in [-0.1, -0.05) is 43.9 Å². The first-order chi connectivity index (χ1) is 11.1.